The largest absolute Gasteiger partial charge is 0.373 e. The summed E-state index contributed by atoms with van der Waals surface area (Å²) in [5, 5.41) is 11.2. The molecule has 1 saturated heterocycles. The van der Waals surface area contributed by atoms with Crippen LogP contribution in [-0.4, -0.2) is 35.9 Å². The first kappa shape index (κ1) is 24.3. The third-order valence-electron chi connectivity index (χ3n) is 5.77. The van der Waals surface area contributed by atoms with Crippen LogP contribution in [0.3, 0.4) is 0 Å². The van der Waals surface area contributed by atoms with Gasteiger partial charge in [-0.2, -0.15) is 5.10 Å². The van der Waals surface area contributed by atoms with E-state index in [9.17, 15) is 0 Å². The number of aliphatic imine (C=N–C) groups is 1. The molecule has 0 spiro atoms. The van der Waals surface area contributed by atoms with Crippen molar-refractivity contribution in [2.75, 3.05) is 20.2 Å². The van der Waals surface area contributed by atoms with E-state index in [1.54, 1.807) is 6.20 Å². The lowest BCUT2D eigenvalue weighted by molar-refractivity contribution is -0.0265. The van der Waals surface area contributed by atoms with Crippen LogP contribution in [-0.2, 0) is 11.3 Å². The maximum absolute atomic E-state index is 6.15. The lowest BCUT2D eigenvalue weighted by Crippen LogP contribution is -2.41. The van der Waals surface area contributed by atoms with Gasteiger partial charge >= 0.3 is 0 Å². The molecule has 2 N–H and O–H groups in total. The lowest BCUT2D eigenvalue weighted by atomic mass is 9.89. The summed E-state index contributed by atoms with van der Waals surface area (Å²) in [7, 11) is 1.81. The van der Waals surface area contributed by atoms with Crippen LogP contribution in [0.1, 0.15) is 35.6 Å². The summed E-state index contributed by atoms with van der Waals surface area (Å²) in [5.74, 6) is 1.23. The molecular formula is C25H32IN5O. The molecule has 7 heteroatoms. The maximum Gasteiger partial charge on any atom is 0.191 e. The summed E-state index contributed by atoms with van der Waals surface area (Å²) in [5.41, 5.74) is 4.78. The molecule has 0 saturated carbocycles. The molecule has 2 atom stereocenters. The Labute approximate surface area is 207 Å². The monoisotopic (exact) mass is 545 g/mol. The van der Waals surface area contributed by atoms with Crippen LogP contribution in [0.5, 0.6) is 0 Å². The van der Waals surface area contributed by atoms with Crippen LogP contribution in [0.25, 0.3) is 5.69 Å². The Morgan fingerprint density at radius 1 is 1.12 bits per heavy atom. The highest BCUT2D eigenvalue weighted by Crippen LogP contribution is 2.33. The molecule has 0 bridgehead atoms. The van der Waals surface area contributed by atoms with E-state index in [1.165, 1.54) is 16.7 Å². The van der Waals surface area contributed by atoms with Crippen molar-refractivity contribution in [3.8, 4) is 5.69 Å². The summed E-state index contributed by atoms with van der Waals surface area (Å²) in [6.07, 6.45) is 6.11. The van der Waals surface area contributed by atoms with Crippen LogP contribution in [0.2, 0.25) is 0 Å². The van der Waals surface area contributed by atoms with Gasteiger partial charge in [0.05, 0.1) is 11.8 Å². The molecule has 1 aromatic heterocycles. The number of rotatable bonds is 6. The molecule has 0 radical (unpaired) electrons. The number of hydrogen-bond donors (Lipinski definition) is 2. The highest BCUT2D eigenvalue weighted by molar-refractivity contribution is 14.0. The van der Waals surface area contributed by atoms with Gasteiger partial charge in [-0.25, -0.2) is 4.68 Å². The highest BCUT2D eigenvalue weighted by Gasteiger charge is 2.27. The molecule has 1 aliphatic rings. The predicted octanol–water partition coefficient (Wildman–Crippen LogP) is 4.63. The standard InChI is InChI=1S/C25H31N5O.HI/c1-19-6-10-21(11-7-19)24-22(5-3-16-31-24)18-28-25(26-2)27-17-20-8-12-23(13-9-20)30-15-4-14-29-30;/h4,6-15,22,24H,3,5,16-18H2,1-2H3,(H2,26,27,28);1H. The topological polar surface area (TPSA) is 63.5 Å². The van der Waals surface area contributed by atoms with Gasteiger partial charge in [-0.05, 0) is 49.1 Å². The Morgan fingerprint density at radius 2 is 1.91 bits per heavy atom. The molecule has 0 aliphatic carbocycles. The molecule has 1 fully saturated rings. The minimum Gasteiger partial charge on any atom is -0.373 e. The Hall–Kier alpha value is -2.39. The molecule has 170 valence electrons. The first-order valence-corrected chi connectivity index (χ1v) is 10.9. The lowest BCUT2D eigenvalue weighted by Gasteiger charge is -2.32. The van der Waals surface area contributed by atoms with Gasteiger partial charge in [0.15, 0.2) is 5.96 Å². The Balaban J connectivity index is 0.00000289. The van der Waals surface area contributed by atoms with E-state index < -0.39 is 0 Å². The molecule has 2 heterocycles. The van der Waals surface area contributed by atoms with Crippen LogP contribution >= 0.6 is 24.0 Å². The number of halogens is 1. The molecule has 32 heavy (non-hydrogen) atoms. The van der Waals surface area contributed by atoms with E-state index in [2.05, 4.69) is 76.2 Å². The smallest absolute Gasteiger partial charge is 0.191 e. The third kappa shape index (κ3) is 6.32. The van der Waals surface area contributed by atoms with E-state index in [0.29, 0.717) is 12.5 Å². The van der Waals surface area contributed by atoms with Crippen molar-refractivity contribution >= 4 is 29.9 Å². The summed E-state index contributed by atoms with van der Waals surface area (Å²) in [6.45, 7) is 4.49. The summed E-state index contributed by atoms with van der Waals surface area (Å²) < 4.78 is 8.00. The Morgan fingerprint density at radius 3 is 2.59 bits per heavy atom. The van der Waals surface area contributed by atoms with Gasteiger partial charge in [0, 0.05) is 45.1 Å². The van der Waals surface area contributed by atoms with Crippen LogP contribution in [0, 0.1) is 12.8 Å². The summed E-state index contributed by atoms with van der Waals surface area (Å²) in [4.78, 5) is 4.39. The number of aromatic nitrogens is 2. The van der Waals surface area contributed by atoms with Gasteiger partial charge in [0.1, 0.15) is 0 Å². The number of aryl methyl sites for hydroxylation is 1. The van der Waals surface area contributed by atoms with Crippen molar-refractivity contribution in [3.05, 3.63) is 83.7 Å². The minimum absolute atomic E-state index is 0. The molecule has 2 aromatic carbocycles. The van der Waals surface area contributed by atoms with Gasteiger partial charge in [-0.3, -0.25) is 4.99 Å². The average Bonchev–Trinajstić information content (AvgIpc) is 3.35. The summed E-state index contributed by atoms with van der Waals surface area (Å²) in [6, 6.07) is 19.0. The van der Waals surface area contributed by atoms with Crippen LogP contribution in [0.4, 0.5) is 0 Å². The molecule has 1 aliphatic heterocycles. The quantitative estimate of drug-likeness (QED) is 0.270. The normalized spacial score (nSPS) is 18.6. The molecular weight excluding hydrogens is 513 g/mol. The fourth-order valence-electron chi connectivity index (χ4n) is 4.00. The van der Waals surface area contributed by atoms with Crippen molar-refractivity contribution in [3.63, 3.8) is 0 Å². The number of guanidine groups is 1. The number of nitrogens with one attached hydrogen (secondary N) is 2. The van der Waals surface area contributed by atoms with Gasteiger partial charge in [-0.1, -0.05) is 42.0 Å². The third-order valence-corrected chi connectivity index (χ3v) is 5.77. The van der Waals surface area contributed by atoms with Gasteiger partial charge in [-0.15, -0.1) is 24.0 Å². The Kier molecular flexibility index (Phi) is 9.11. The zero-order chi connectivity index (χ0) is 21.5. The van der Waals surface area contributed by atoms with Gasteiger partial charge < -0.3 is 15.4 Å². The highest BCUT2D eigenvalue weighted by atomic mass is 127. The van der Waals surface area contributed by atoms with E-state index in [1.807, 2.05) is 24.0 Å². The first-order chi connectivity index (χ1) is 15.2. The van der Waals surface area contributed by atoms with E-state index >= 15 is 0 Å². The molecule has 6 nitrogen and oxygen atoms in total. The first-order valence-electron chi connectivity index (χ1n) is 10.9. The van der Waals surface area contributed by atoms with Gasteiger partial charge in [0.25, 0.3) is 0 Å². The van der Waals surface area contributed by atoms with E-state index in [-0.39, 0.29) is 30.1 Å². The molecule has 4 rings (SSSR count). The number of benzene rings is 2. The van der Waals surface area contributed by atoms with Crippen molar-refractivity contribution < 1.29 is 4.74 Å². The second-order valence-corrected chi connectivity index (χ2v) is 8.03. The fraction of sp³-hybridized carbons (Fsp3) is 0.360. The molecule has 3 aromatic rings. The summed E-state index contributed by atoms with van der Waals surface area (Å²) >= 11 is 0. The number of hydrogen-bond acceptors (Lipinski definition) is 3. The Bertz CT molecular complexity index is 971. The SMILES string of the molecule is CN=C(NCc1ccc(-n2cccn2)cc1)NCC1CCCOC1c1ccc(C)cc1.I. The van der Waals surface area contributed by atoms with Crippen LogP contribution in [0.15, 0.2) is 72.0 Å². The van der Waals surface area contributed by atoms with Crippen molar-refractivity contribution in [1.82, 2.24) is 20.4 Å². The minimum atomic E-state index is 0. The number of nitrogens with zero attached hydrogens (tertiary/aromatic N) is 3. The fourth-order valence-corrected chi connectivity index (χ4v) is 4.00. The second-order valence-electron chi connectivity index (χ2n) is 8.03. The van der Waals surface area contributed by atoms with E-state index in [0.717, 1.165) is 37.6 Å². The van der Waals surface area contributed by atoms with Crippen molar-refractivity contribution in [1.29, 1.82) is 0 Å². The molecule has 0 amide bonds. The van der Waals surface area contributed by atoms with Crippen LogP contribution < -0.4 is 10.6 Å². The van der Waals surface area contributed by atoms with E-state index in [4.69, 9.17) is 4.74 Å². The predicted molar refractivity (Wildman–Crippen MR) is 140 cm³/mol. The zero-order valence-corrected chi connectivity index (χ0v) is 21.0. The molecule has 2 unspecified atom stereocenters. The second kappa shape index (κ2) is 12.0. The maximum atomic E-state index is 6.15. The van der Waals surface area contributed by atoms with Gasteiger partial charge in [0.2, 0.25) is 0 Å². The average molecular weight is 545 g/mol. The number of ether oxygens (including phenoxy) is 1. The van der Waals surface area contributed by atoms with Crippen molar-refractivity contribution in [2.45, 2.75) is 32.4 Å². The van der Waals surface area contributed by atoms with Crippen molar-refractivity contribution in [2.24, 2.45) is 10.9 Å². The zero-order valence-electron chi connectivity index (χ0n) is 18.7.